The van der Waals surface area contributed by atoms with Crippen molar-refractivity contribution in [2.75, 3.05) is 0 Å². The average Bonchev–Trinajstić information content (AvgIpc) is 3.62. The number of aliphatic hydroxyl groups excluding tert-OH is 4. The molecule has 4 rings (SSSR count). The minimum absolute atomic E-state index is 0.246. The molecule has 0 heterocycles. The van der Waals surface area contributed by atoms with E-state index < -0.39 is 24.4 Å². The number of aliphatic hydroxyl groups is 4. The molecular formula is C34H54O4. The molecule has 8 atom stereocenters. The lowest BCUT2D eigenvalue weighted by Gasteiger charge is -2.44. The molecule has 4 saturated carbocycles. The van der Waals surface area contributed by atoms with Crippen molar-refractivity contribution in [2.24, 2.45) is 28.6 Å². The first-order chi connectivity index (χ1) is 18.1. The van der Waals surface area contributed by atoms with E-state index in [4.69, 9.17) is 0 Å². The molecule has 0 spiro atoms. The van der Waals surface area contributed by atoms with Gasteiger partial charge in [0.15, 0.2) is 0 Å². The standard InChI is InChI=1S/C34H54O4/c1-5-6-7-8-11-31(37)34(19-20-34)32(38)17-12-23(2)28-15-16-29-25(10-9-18-33(28,29)4)13-14-26-21-27(35)22-30(36)24(26)3/h12-14,17,23,27-32,35-38H,3,5-11,15-16,18-22H2,1-2,4H3/b17-12+,25-13+,26-14-/t23-,27?,28?,29?,30?,31?,32?,33-/m1/s1. The molecule has 4 fully saturated rings. The van der Waals surface area contributed by atoms with Gasteiger partial charge in [0.05, 0.1) is 24.4 Å². The predicted octanol–water partition coefficient (Wildman–Crippen LogP) is 6.79. The van der Waals surface area contributed by atoms with Gasteiger partial charge in [-0.05, 0) is 92.1 Å². The lowest BCUT2D eigenvalue weighted by Crippen LogP contribution is -2.36. The summed E-state index contributed by atoms with van der Waals surface area (Å²) >= 11 is 0. The third-order valence-electron chi connectivity index (χ3n) is 10.9. The van der Waals surface area contributed by atoms with Gasteiger partial charge in [-0.2, -0.15) is 0 Å². The Morgan fingerprint density at radius 3 is 2.50 bits per heavy atom. The molecule has 4 aliphatic carbocycles. The highest BCUT2D eigenvalue weighted by Gasteiger charge is 2.53. The zero-order valence-corrected chi connectivity index (χ0v) is 24.2. The van der Waals surface area contributed by atoms with Gasteiger partial charge in [0.1, 0.15) is 0 Å². The molecule has 4 N–H and O–H groups in total. The SMILES string of the molecule is C=C1/C(=C\C=C2/CCC[C@@]3(C)C2CCC3[C@H](C)/C=C/C(O)C2(C(O)CCCCCC)CC2)CC(O)CC1O. The van der Waals surface area contributed by atoms with Crippen LogP contribution in [0.4, 0.5) is 0 Å². The van der Waals surface area contributed by atoms with E-state index in [9.17, 15) is 20.4 Å². The fraction of sp³-hybridized carbons (Fsp3) is 0.765. The first kappa shape index (κ1) is 29.8. The van der Waals surface area contributed by atoms with Gasteiger partial charge in [-0.15, -0.1) is 0 Å². The molecule has 4 nitrogen and oxygen atoms in total. The lowest BCUT2D eigenvalue weighted by atomic mass is 9.61. The molecule has 214 valence electrons. The Morgan fingerprint density at radius 2 is 1.79 bits per heavy atom. The predicted molar refractivity (Wildman–Crippen MR) is 155 cm³/mol. The highest BCUT2D eigenvalue weighted by Crippen LogP contribution is 2.60. The van der Waals surface area contributed by atoms with Crippen LogP contribution in [-0.2, 0) is 0 Å². The smallest absolute Gasteiger partial charge is 0.0811 e. The molecule has 4 aliphatic rings. The zero-order chi connectivity index (χ0) is 27.5. The van der Waals surface area contributed by atoms with Crippen molar-refractivity contribution in [3.63, 3.8) is 0 Å². The van der Waals surface area contributed by atoms with Crippen molar-refractivity contribution in [1.29, 1.82) is 0 Å². The quantitative estimate of drug-likeness (QED) is 0.176. The number of fused-ring (bicyclic) bond motifs is 1. The largest absolute Gasteiger partial charge is 0.393 e. The van der Waals surface area contributed by atoms with E-state index in [1.54, 1.807) is 0 Å². The van der Waals surface area contributed by atoms with Crippen LogP contribution in [0.3, 0.4) is 0 Å². The molecule has 6 unspecified atom stereocenters. The van der Waals surface area contributed by atoms with Crippen LogP contribution >= 0.6 is 0 Å². The fourth-order valence-corrected chi connectivity index (χ4v) is 8.24. The minimum Gasteiger partial charge on any atom is -0.393 e. The van der Waals surface area contributed by atoms with E-state index >= 15 is 0 Å². The van der Waals surface area contributed by atoms with Crippen LogP contribution in [0.15, 0.2) is 47.6 Å². The summed E-state index contributed by atoms with van der Waals surface area (Å²) < 4.78 is 0. The molecule has 0 bridgehead atoms. The highest BCUT2D eigenvalue weighted by molar-refractivity contribution is 5.38. The maximum atomic E-state index is 11.1. The van der Waals surface area contributed by atoms with Gasteiger partial charge in [0.25, 0.3) is 0 Å². The van der Waals surface area contributed by atoms with Crippen LogP contribution in [0, 0.1) is 28.6 Å². The molecule has 0 saturated heterocycles. The van der Waals surface area contributed by atoms with Crippen molar-refractivity contribution in [3.05, 3.63) is 47.6 Å². The second kappa shape index (κ2) is 12.5. The van der Waals surface area contributed by atoms with E-state index in [0.29, 0.717) is 30.6 Å². The minimum atomic E-state index is -0.643. The van der Waals surface area contributed by atoms with Crippen LogP contribution in [0.5, 0.6) is 0 Å². The molecule has 0 aromatic rings. The fourth-order valence-electron chi connectivity index (χ4n) is 8.24. The van der Waals surface area contributed by atoms with Crippen molar-refractivity contribution in [2.45, 2.75) is 135 Å². The van der Waals surface area contributed by atoms with Gasteiger partial charge in [-0.3, -0.25) is 0 Å². The number of hydrogen-bond acceptors (Lipinski definition) is 4. The summed E-state index contributed by atoms with van der Waals surface area (Å²) in [5.41, 5.74) is 3.18. The summed E-state index contributed by atoms with van der Waals surface area (Å²) in [4.78, 5) is 0. The Bertz CT molecular complexity index is 911. The van der Waals surface area contributed by atoms with E-state index in [2.05, 4.69) is 45.6 Å². The van der Waals surface area contributed by atoms with Crippen LogP contribution in [-0.4, -0.2) is 44.8 Å². The summed E-state index contributed by atoms with van der Waals surface area (Å²) in [5, 5.41) is 42.3. The second-order valence-corrected chi connectivity index (χ2v) is 13.5. The summed E-state index contributed by atoms with van der Waals surface area (Å²) in [5.74, 6) is 1.53. The van der Waals surface area contributed by atoms with Crippen molar-refractivity contribution in [3.8, 4) is 0 Å². The van der Waals surface area contributed by atoms with Crippen molar-refractivity contribution < 1.29 is 20.4 Å². The third kappa shape index (κ3) is 6.24. The van der Waals surface area contributed by atoms with E-state index in [1.807, 2.05) is 6.08 Å². The monoisotopic (exact) mass is 526 g/mol. The highest BCUT2D eigenvalue weighted by atomic mass is 16.3. The Kier molecular flexibility index (Phi) is 9.83. The lowest BCUT2D eigenvalue weighted by molar-refractivity contribution is 0.0111. The molecule has 38 heavy (non-hydrogen) atoms. The van der Waals surface area contributed by atoms with Crippen molar-refractivity contribution in [1.82, 2.24) is 0 Å². The van der Waals surface area contributed by atoms with Crippen LogP contribution in [0.1, 0.15) is 111 Å². The molecule has 0 aromatic carbocycles. The summed E-state index contributed by atoms with van der Waals surface area (Å²) in [6.45, 7) is 11.1. The topological polar surface area (TPSA) is 80.9 Å². The van der Waals surface area contributed by atoms with E-state index in [-0.39, 0.29) is 10.8 Å². The van der Waals surface area contributed by atoms with E-state index in [0.717, 1.165) is 43.3 Å². The van der Waals surface area contributed by atoms with Crippen LogP contribution < -0.4 is 0 Å². The van der Waals surface area contributed by atoms with Gasteiger partial charge in [-0.25, -0.2) is 0 Å². The Labute approximate surface area is 231 Å². The Morgan fingerprint density at radius 1 is 1.03 bits per heavy atom. The maximum Gasteiger partial charge on any atom is 0.0811 e. The third-order valence-corrected chi connectivity index (χ3v) is 10.9. The molecule has 0 aliphatic heterocycles. The average molecular weight is 527 g/mol. The van der Waals surface area contributed by atoms with Gasteiger partial charge in [0, 0.05) is 11.8 Å². The second-order valence-electron chi connectivity index (χ2n) is 13.5. The molecule has 0 aromatic heterocycles. The van der Waals surface area contributed by atoms with Gasteiger partial charge in [0.2, 0.25) is 0 Å². The number of unbranched alkanes of at least 4 members (excludes halogenated alkanes) is 3. The molecule has 0 radical (unpaired) electrons. The Hall–Kier alpha value is -1.20. The van der Waals surface area contributed by atoms with Crippen LogP contribution in [0.25, 0.3) is 0 Å². The number of rotatable bonds is 11. The number of allylic oxidation sites excluding steroid dienone is 4. The van der Waals surface area contributed by atoms with Gasteiger partial charge >= 0.3 is 0 Å². The summed E-state index contributed by atoms with van der Waals surface area (Å²) in [6, 6.07) is 0. The van der Waals surface area contributed by atoms with Crippen LogP contribution in [0.2, 0.25) is 0 Å². The molecule has 0 amide bonds. The van der Waals surface area contributed by atoms with Gasteiger partial charge in [-0.1, -0.05) is 82.9 Å². The molecule has 4 heteroatoms. The summed E-state index contributed by atoms with van der Waals surface area (Å²) in [7, 11) is 0. The van der Waals surface area contributed by atoms with Gasteiger partial charge < -0.3 is 20.4 Å². The Balaban J connectivity index is 1.39. The first-order valence-electron chi connectivity index (χ1n) is 15.6. The first-order valence-corrected chi connectivity index (χ1v) is 15.6. The number of hydrogen-bond donors (Lipinski definition) is 4. The summed E-state index contributed by atoms with van der Waals surface area (Å²) in [6.07, 6.45) is 20.8. The normalized spacial score (nSPS) is 37.5. The van der Waals surface area contributed by atoms with Crippen molar-refractivity contribution >= 4 is 0 Å². The zero-order valence-electron chi connectivity index (χ0n) is 24.2. The molecular weight excluding hydrogens is 472 g/mol. The van der Waals surface area contributed by atoms with E-state index in [1.165, 1.54) is 50.5 Å². The maximum absolute atomic E-state index is 11.1.